The van der Waals surface area contributed by atoms with Crippen LogP contribution in [0, 0.1) is 6.92 Å². The van der Waals surface area contributed by atoms with Gasteiger partial charge in [0.25, 0.3) is 0 Å². The lowest BCUT2D eigenvalue weighted by Gasteiger charge is -2.03. The zero-order valence-corrected chi connectivity index (χ0v) is 9.88. The average Bonchev–Trinajstić information content (AvgIpc) is 2.66. The fraction of sp³-hybridized carbons (Fsp3) is 0.250. The second-order valence-electron chi connectivity index (χ2n) is 4.68. The minimum absolute atomic E-state index is 1.11. The van der Waals surface area contributed by atoms with Crippen LogP contribution in [-0.4, -0.2) is 0 Å². The van der Waals surface area contributed by atoms with E-state index in [0.29, 0.717) is 0 Å². The molecule has 0 spiro atoms. The summed E-state index contributed by atoms with van der Waals surface area (Å²) in [5.41, 5.74) is 8.66. The zero-order valence-electron chi connectivity index (χ0n) is 9.88. The summed E-state index contributed by atoms with van der Waals surface area (Å²) in [5.74, 6) is 0. The Labute approximate surface area is 96.9 Å². The van der Waals surface area contributed by atoms with Crippen LogP contribution in [0.15, 0.2) is 36.4 Å². The minimum atomic E-state index is 1.11. The van der Waals surface area contributed by atoms with E-state index < -0.39 is 0 Å². The molecule has 0 saturated heterocycles. The second kappa shape index (κ2) is 3.48. The van der Waals surface area contributed by atoms with E-state index in [4.69, 9.17) is 0 Å². The summed E-state index contributed by atoms with van der Waals surface area (Å²) in [4.78, 5) is 0. The summed E-state index contributed by atoms with van der Waals surface area (Å²) in [6.07, 6.45) is 2.24. The van der Waals surface area contributed by atoms with Gasteiger partial charge in [0.15, 0.2) is 0 Å². The van der Waals surface area contributed by atoms with Crippen molar-refractivity contribution in [3.8, 4) is 11.1 Å². The van der Waals surface area contributed by atoms with Gasteiger partial charge in [-0.25, -0.2) is 0 Å². The summed E-state index contributed by atoms with van der Waals surface area (Å²) >= 11 is 0. The zero-order chi connectivity index (χ0) is 11.1. The highest BCUT2D eigenvalue weighted by atomic mass is 14.2. The van der Waals surface area contributed by atoms with Gasteiger partial charge in [0.05, 0.1) is 0 Å². The summed E-state index contributed by atoms with van der Waals surface area (Å²) in [5, 5.41) is 0. The molecule has 2 aromatic rings. The Bertz CT molecular complexity index is 550. The van der Waals surface area contributed by atoms with Crippen molar-refractivity contribution in [2.45, 2.75) is 26.7 Å². The first-order chi connectivity index (χ1) is 7.78. The van der Waals surface area contributed by atoms with E-state index in [2.05, 4.69) is 50.2 Å². The van der Waals surface area contributed by atoms with E-state index >= 15 is 0 Å². The number of aryl methyl sites for hydroxylation is 2. The van der Waals surface area contributed by atoms with E-state index in [1.807, 2.05) is 0 Å². The van der Waals surface area contributed by atoms with Gasteiger partial charge in [0.1, 0.15) is 0 Å². The Morgan fingerprint density at radius 2 is 1.81 bits per heavy atom. The summed E-state index contributed by atoms with van der Waals surface area (Å²) in [7, 11) is 0. The maximum atomic E-state index is 2.37. The Balaban J connectivity index is 2.18. The Morgan fingerprint density at radius 3 is 2.62 bits per heavy atom. The lowest BCUT2D eigenvalue weighted by Crippen LogP contribution is -1.84. The monoisotopic (exact) mass is 208 g/mol. The third kappa shape index (κ3) is 1.37. The number of rotatable bonds is 1. The first-order valence-electron chi connectivity index (χ1n) is 5.99. The normalized spacial score (nSPS) is 12.4. The second-order valence-corrected chi connectivity index (χ2v) is 4.68. The fourth-order valence-corrected chi connectivity index (χ4v) is 2.58. The average molecular weight is 208 g/mol. The van der Waals surface area contributed by atoms with E-state index in [-0.39, 0.29) is 0 Å². The van der Waals surface area contributed by atoms with Gasteiger partial charge >= 0.3 is 0 Å². The third-order valence-electron chi connectivity index (χ3n) is 3.51. The van der Waals surface area contributed by atoms with Crippen LogP contribution in [0.1, 0.15) is 29.2 Å². The molecule has 0 aromatic heterocycles. The molecule has 0 saturated carbocycles. The van der Waals surface area contributed by atoms with Crippen LogP contribution in [0.3, 0.4) is 0 Å². The molecule has 0 N–H and O–H groups in total. The van der Waals surface area contributed by atoms with Crippen LogP contribution in [-0.2, 0) is 12.8 Å². The predicted molar refractivity (Wildman–Crippen MR) is 68.8 cm³/mol. The van der Waals surface area contributed by atoms with Crippen LogP contribution in [0.5, 0.6) is 0 Å². The maximum absolute atomic E-state index is 2.37. The summed E-state index contributed by atoms with van der Waals surface area (Å²) in [6.45, 7) is 4.38. The molecule has 1 aliphatic carbocycles. The van der Waals surface area contributed by atoms with Crippen molar-refractivity contribution in [1.29, 1.82) is 0 Å². The topological polar surface area (TPSA) is 0 Å². The van der Waals surface area contributed by atoms with E-state index in [1.54, 1.807) is 0 Å². The summed E-state index contributed by atoms with van der Waals surface area (Å²) < 4.78 is 0. The van der Waals surface area contributed by atoms with Crippen molar-refractivity contribution >= 4 is 0 Å². The number of hydrogen-bond donors (Lipinski definition) is 0. The molecule has 0 nitrogen and oxygen atoms in total. The van der Waals surface area contributed by atoms with Crippen molar-refractivity contribution < 1.29 is 0 Å². The van der Waals surface area contributed by atoms with Crippen molar-refractivity contribution in [1.82, 2.24) is 0 Å². The van der Waals surface area contributed by atoms with Gasteiger partial charge in [-0.2, -0.15) is 0 Å². The Hall–Kier alpha value is -1.56. The lowest BCUT2D eigenvalue weighted by atomic mass is 10.0. The molecule has 0 fully saturated rings. The van der Waals surface area contributed by atoms with E-state index in [0.717, 1.165) is 12.8 Å². The van der Waals surface area contributed by atoms with Gasteiger partial charge in [0.2, 0.25) is 0 Å². The first-order valence-corrected chi connectivity index (χ1v) is 5.99. The lowest BCUT2D eigenvalue weighted by molar-refractivity contribution is 1.12. The van der Waals surface area contributed by atoms with Crippen LogP contribution in [0.4, 0.5) is 0 Å². The molecule has 0 atom stereocenters. The van der Waals surface area contributed by atoms with E-state index in [9.17, 15) is 0 Å². The van der Waals surface area contributed by atoms with Gasteiger partial charge in [-0.05, 0) is 47.6 Å². The van der Waals surface area contributed by atoms with Crippen LogP contribution in [0.2, 0.25) is 0 Å². The molecule has 80 valence electrons. The Morgan fingerprint density at radius 1 is 0.938 bits per heavy atom. The Kier molecular flexibility index (Phi) is 2.10. The fourth-order valence-electron chi connectivity index (χ4n) is 2.58. The van der Waals surface area contributed by atoms with Crippen molar-refractivity contribution in [2.24, 2.45) is 0 Å². The molecule has 1 aliphatic rings. The molecule has 2 aromatic carbocycles. The molecule has 16 heavy (non-hydrogen) atoms. The maximum Gasteiger partial charge on any atom is -0.00134 e. The molecule has 0 aliphatic heterocycles. The third-order valence-corrected chi connectivity index (χ3v) is 3.51. The van der Waals surface area contributed by atoms with Gasteiger partial charge in [-0.15, -0.1) is 0 Å². The van der Waals surface area contributed by atoms with Gasteiger partial charge < -0.3 is 0 Å². The molecule has 0 amide bonds. The molecule has 0 heteroatoms. The van der Waals surface area contributed by atoms with Gasteiger partial charge in [-0.1, -0.05) is 48.9 Å². The summed E-state index contributed by atoms with van der Waals surface area (Å²) in [6, 6.07) is 13.7. The quantitative estimate of drug-likeness (QED) is 0.564. The first kappa shape index (κ1) is 9.65. The van der Waals surface area contributed by atoms with Crippen LogP contribution in [0.25, 0.3) is 11.1 Å². The largest absolute Gasteiger partial charge is 0.0613 e. The smallest absolute Gasteiger partial charge is 0.00134 e. The minimum Gasteiger partial charge on any atom is -0.0613 e. The highest BCUT2D eigenvalue weighted by Crippen LogP contribution is 2.37. The SMILES string of the molecule is CCc1ccc2c(c1)Cc1ccc(C)cc1-2. The molecule has 0 radical (unpaired) electrons. The van der Waals surface area contributed by atoms with Crippen molar-refractivity contribution in [2.75, 3.05) is 0 Å². The molecular formula is C16H16. The molecule has 3 rings (SSSR count). The van der Waals surface area contributed by atoms with Gasteiger partial charge in [0, 0.05) is 0 Å². The van der Waals surface area contributed by atoms with E-state index in [1.165, 1.54) is 33.4 Å². The molecule has 0 bridgehead atoms. The molecule has 0 unspecified atom stereocenters. The molecular weight excluding hydrogens is 192 g/mol. The van der Waals surface area contributed by atoms with Gasteiger partial charge in [-0.3, -0.25) is 0 Å². The number of benzene rings is 2. The highest BCUT2D eigenvalue weighted by Gasteiger charge is 2.17. The highest BCUT2D eigenvalue weighted by molar-refractivity contribution is 5.77. The van der Waals surface area contributed by atoms with Crippen LogP contribution < -0.4 is 0 Å². The molecule has 0 heterocycles. The number of hydrogen-bond acceptors (Lipinski definition) is 0. The van der Waals surface area contributed by atoms with Crippen molar-refractivity contribution in [3.05, 3.63) is 58.7 Å². The predicted octanol–water partition coefficient (Wildman–Crippen LogP) is 4.13. The van der Waals surface area contributed by atoms with Crippen LogP contribution >= 0.6 is 0 Å². The number of fused-ring (bicyclic) bond motifs is 3. The van der Waals surface area contributed by atoms with Crippen molar-refractivity contribution in [3.63, 3.8) is 0 Å². The standard InChI is InChI=1S/C16H16/c1-3-12-5-7-15-14(9-12)10-13-6-4-11(2)8-16(13)15/h4-9H,3,10H2,1-2H3.